The minimum Gasteiger partial charge on any atom is -0.313 e. The summed E-state index contributed by atoms with van der Waals surface area (Å²) in [5.74, 6) is 0.770. The van der Waals surface area contributed by atoms with Crippen LogP contribution in [-0.2, 0) is 6.54 Å². The second kappa shape index (κ2) is 4.55. The third-order valence-corrected chi connectivity index (χ3v) is 3.18. The number of aryl methyl sites for hydroxylation is 2. The second-order valence-electron chi connectivity index (χ2n) is 4.87. The third kappa shape index (κ3) is 2.15. The average Bonchev–Trinajstić information content (AvgIpc) is 2.37. The van der Waals surface area contributed by atoms with E-state index in [0.717, 1.165) is 27.8 Å². The molecule has 3 rings (SSSR count). The molecule has 19 heavy (non-hydrogen) atoms. The van der Waals surface area contributed by atoms with Crippen LogP contribution < -0.4 is 5.32 Å². The van der Waals surface area contributed by atoms with Crippen LogP contribution in [0.2, 0.25) is 0 Å². The lowest BCUT2D eigenvalue weighted by molar-refractivity contribution is 0.763. The van der Waals surface area contributed by atoms with Crippen molar-refractivity contribution in [1.82, 2.24) is 20.3 Å². The van der Waals surface area contributed by atoms with Crippen LogP contribution in [0.1, 0.15) is 17.0 Å². The number of nitrogens with one attached hydrogen (secondary N) is 1. The highest BCUT2D eigenvalue weighted by atomic mass is 15.0. The standard InChI is InChI=1S/C15H16N4/c1-9-4-10(2)14-11(5-9)6-12-7-17-13(8-16-3)18-15(12)19-14/h4-7,16H,8H2,1-3H3. The second-order valence-corrected chi connectivity index (χ2v) is 4.87. The van der Waals surface area contributed by atoms with Crippen LogP contribution in [0.25, 0.3) is 21.9 Å². The monoisotopic (exact) mass is 252 g/mol. The number of rotatable bonds is 2. The highest BCUT2D eigenvalue weighted by Crippen LogP contribution is 2.22. The molecule has 0 aliphatic rings. The summed E-state index contributed by atoms with van der Waals surface area (Å²) in [5.41, 5.74) is 4.22. The van der Waals surface area contributed by atoms with Crippen molar-refractivity contribution in [1.29, 1.82) is 0 Å². The molecule has 0 aliphatic carbocycles. The molecule has 0 atom stereocenters. The molecule has 0 bridgehead atoms. The highest BCUT2D eigenvalue weighted by Gasteiger charge is 2.06. The van der Waals surface area contributed by atoms with Gasteiger partial charge in [0.05, 0.1) is 12.1 Å². The van der Waals surface area contributed by atoms with Crippen LogP contribution in [0.3, 0.4) is 0 Å². The van der Waals surface area contributed by atoms with Gasteiger partial charge in [0.15, 0.2) is 5.65 Å². The fraction of sp³-hybridized carbons (Fsp3) is 0.267. The molecular formula is C15H16N4. The zero-order chi connectivity index (χ0) is 13.4. The Kier molecular flexibility index (Phi) is 2.87. The number of nitrogens with zero attached hydrogens (tertiary/aromatic N) is 3. The number of pyridine rings is 1. The van der Waals surface area contributed by atoms with Crippen molar-refractivity contribution in [3.05, 3.63) is 41.3 Å². The minimum absolute atomic E-state index is 0.655. The molecule has 2 aromatic heterocycles. The minimum atomic E-state index is 0.655. The Balaban J connectivity index is 2.29. The van der Waals surface area contributed by atoms with Crippen molar-refractivity contribution in [2.24, 2.45) is 0 Å². The molecule has 0 aliphatic heterocycles. The van der Waals surface area contributed by atoms with Gasteiger partial charge in [-0.2, -0.15) is 0 Å². The molecule has 2 heterocycles. The lowest BCUT2D eigenvalue weighted by atomic mass is 10.1. The quantitative estimate of drug-likeness (QED) is 0.712. The first-order valence-electron chi connectivity index (χ1n) is 6.35. The molecule has 0 saturated heterocycles. The van der Waals surface area contributed by atoms with Gasteiger partial charge in [0.1, 0.15) is 5.82 Å². The number of benzene rings is 1. The molecular weight excluding hydrogens is 236 g/mol. The van der Waals surface area contributed by atoms with Crippen LogP contribution in [0, 0.1) is 13.8 Å². The summed E-state index contributed by atoms with van der Waals surface area (Å²) in [5, 5.41) is 5.18. The number of hydrogen-bond donors (Lipinski definition) is 1. The van der Waals surface area contributed by atoms with Crippen molar-refractivity contribution in [3.63, 3.8) is 0 Å². The largest absolute Gasteiger partial charge is 0.313 e. The van der Waals surface area contributed by atoms with Gasteiger partial charge in [-0.3, -0.25) is 0 Å². The lowest BCUT2D eigenvalue weighted by Gasteiger charge is -2.06. The van der Waals surface area contributed by atoms with E-state index in [0.29, 0.717) is 6.54 Å². The number of aromatic nitrogens is 3. The smallest absolute Gasteiger partial charge is 0.163 e. The van der Waals surface area contributed by atoms with E-state index in [9.17, 15) is 0 Å². The van der Waals surface area contributed by atoms with Gasteiger partial charge >= 0.3 is 0 Å². The predicted molar refractivity (Wildman–Crippen MR) is 77.1 cm³/mol. The van der Waals surface area contributed by atoms with E-state index in [1.807, 2.05) is 13.2 Å². The molecule has 1 aromatic carbocycles. The predicted octanol–water partition coefficient (Wildman–Crippen LogP) is 2.51. The van der Waals surface area contributed by atoms with Crippen LogP contribution in [0.5, 0.6) is 0 Å². The summed E-state index contributed by atoms with van der Waals surface area (Å²) in [6, 6.07) is 6.41. The normalized spacial score (nSPS) is 11.3. The molecule has 0 fully saturated rings. The van der Waals surface area contributed by atoms with Gasteiger partial charge in [-0.25, -0.2) is 15.0 Å². The van der Waals surface area contributed by atoms with Crippen LogP contribution in [0.15, 0.2) is 24.4 Å². The molecule has 1 N–H and O–H groups in total. The van der Waals surface area contributed by atoms with E-state index in [1.165, 1.54) is 11.1 Å². The Morgan fingerprint density at radius 2 is 1.89 bits per heavy atom. The van der Waals surface area contributed by atoms with Gasteiger partial charge in [-0.15, -0.1) is 0 Å². The summed E-state index contributed by atoms with van der Waals surface area (Å²) in [6.07, 6.45) is 1.85. The Labute approximate surface area is 111 Å². The molecule has 0 unspecified atom stereocenters. The molecule has 4 heteroatoms. The fourth-order valence-corrected chi connectivity index (χ4v) is 2.38. The van der Waals surface area contributed by atoms with Gasteiger partial charge in [-0.05, 0) is 38.6 Å². The van der Waals surface area contributed by atoms with Crippen LogP contribution in [0.4, 0.5) is 0 Å². The molecule has 0 amide bonds. The lowest BCUT2D eigenvalue weighted by Crippen LogP contribution is -2.09. The molecule has 0 saturated carbocycles. The molecule has 4 nitrogen and oxygen atoms in total. The molecule has 0 radical (unpaired) electrons. The SMILES string of the molecule is CNCc1ncc2cc3cc(C)cc(C)c3nc2n1. The highest BCUT2D eigenvalue weighted by molar-refractivity contribution is 5.92. The van der Waals surface area contributed by atoms with E-state index in [4.69, 9.17) is 0 Å². The zero-order valence-corrected chi connectivity index (χ0v) is 11.4. The van der Waals surface area contributed by atoms with Crippen molar-refractivity contribution >= 4 is 21.9 Å². The van der Waals surface area contributed by atoms with E-state index in [1.54, 1.807) is 0 Å². The maximum absolute atomic E-state index is 4.68. The van der Waals surface area contributed by atoms with E-state index in [2.05, 4.69) is 52.3 Å². The zero-order valence-electron chi connectivity index (χ0n) is 11.4. The topological polar surface area (TPSA) is 50.7 Å². The van der Waals surface area contributed by atoms with E-state index in [-0.39, 0.29) is 0 Å². The van der Waals surface area contributed by atoms with Crippen LogP contribution in [-0.4, -0.2) is 22.0 Å². The summed E-state index contributed by atoms with van der Waals surface area (Å²) in [4.78, 5) is 13.5. The van der Waals surface area contributed by atoms with Crippen molar-refractivity contribution in [3.8, 4) is 0 Å². The van der Waals surface area contributed by atoms with Gasteiger partial charge < -0.3 is 5.32 Å². The third-order valence-electron chi connectivity index (χ3n) is 3.18. The maximum atomic E-state index is 4.68. The van der Waals surface area contributed by atoms with E-state index < -0.39 is 0 Å². The maximum Gasteiger partial charge on any atom is 0.163 e. The van der Waals surface area contributed by atoms with Gasteiger partial charge in [0, 0.05) is 17.0 Å². The van der Waals surface area contributed by atoms with Crippen molar-refractivity contribution in [2.45, 2.75) is 20.4 Å². The Morgan fingerprint density at radius 1 is 1.05 bits per heavy atom. The number of hydrogen-bond acceptors (Lipinski definition) is 4. The van der Waals surface area contributed by atoms with E-state index >= 15 is 0 Å². The van der Waals surface area contributed by atoms with Crippen molar-refractivity contribution < 1.29 is 0 Å². The summed E-state index contributed by atoms with van der Waals surface area (Å²) in [6.45, 7) is 4.84. The van der Waals surface area contributed by atoms with Gasteiger partial charge in [0.25, 0.3) is 0 Å². The molecule has 0 spiro atoms. The molecule has 3 aromatic rings. The van der Waals surface area contributed by atoms with Gasteiger partial charge in [0.2, 0.25) is 0 Å². The van der Waals surface area contributed by atoms with Gasteiger partial charge in [-0.1, -0.05) is 11.6 Å². The fourth-order valence-electron chi connectivity index (χ4n) is 2.38. The first-order valence-corrected chi connectivity index (χ1v) is 6.35. The van der Waals surface area contributed by atoms with Crippen molar-refractivity contribution in [2.75, 3.05) is 7.05 Å². The first kappa shape index (κ1) is 12.0. The summed E-state index contributed by atoms with van der Waals surface area (Å²) in [7, 11) is 1.88. The summed E-state index contributed by atoms with van der Waals surface area (Å²) >= 11 is 0. The Bertz CT molecular complexity index is 765. The summed E-state index contributed by atoms with van der Waals surface area (Å²) < 4.78 is 0. The number of fused-ring (bicyclic) bond motifs is 2. The Hall–Kier alpha value is -2.07. The Morgan fingerprint density at radius 3 is 2.68 bits per heavy atom. The first-order chi connectivity index (χ1) is 9.17. The molecule has 96 valence electrons. The van der Waals surface area contributed by atoms with Crippen LogP contribution >= 0.6 is 0 Å². The average molecular weight is 252 g/mol.